The summed E-state index contributed by atoms with van der Waals surface area (Å²) in [6, 6.07) is 0.108. The number of hydrogen-bond acceptors (Lipinski definition) is 4. The van der Waals surface area contributed by atoms with Crippen LogP contribution < -0.4 is 10.6 Å². The van der Waals surface area contributed by atoms with Crippen LogP contribution in [0.15, 0.2) is 12.4 Å². The van der Waals surface area contributed by atoms with E-state index in [2.05, 4.69) is 15.6 Å². The van der Waals surface area contributed by atoms with Crippen LogP contribution >= 0.6 is 0 Å². The van der Waals surface area contributed by atoms with Gasteiger partial charge in [0, 0.05) is 25.5 Å². The van der Waals surface area contributed by atoms with E-state index in [1.54, 1.807) is 6.20 Å². The minimum atomic E-state index is -0.111. The molecular weight excluding hydrogens is 220 g/mol. The Morgan fingerprint density at radius 1 is 1.65 bits per heavy atom. The second kappa shape index (κ2) is 5.29. The van der Waals surface area contributed by atoms with Crippen LogP contribution in [-0.4, -0.2) is 41.8 Å². The number of rotatable bonds is 4. The monoisotopic (exact) mass is 238 g/mol. The highest BCUT2D eigenvalue weighted by Gasteiger charge is 2.32. The highest BCUT2D eigenvalue weighted by atomic mass is 16.5. The first kappa shape index (κ1) is 12.1. The molecular formula is C11H18N4O2. The van der Waals surface area contributed by atoms with E-state index in [9.17, 15) is 4.79 Å². The first-order chi connectivity index (χ1) is 8.22. The molecule has 1 aliphatic rings. The van der Waals surface area contributed by atoms with Crippen LogP contribution in [0.2, 0.25) is 0 Å². The predicted molar refractivity (Wildman–Crippen MR) is 62.2 cm³/mol. The van der Waals surface area contributed by atoms with Crippen molar-refractivity contribution in [3.8, 4) is 0 Å². The topological polar surface area (TPSA) is 68.2 Å². The minimum absolute atomic E-state index is 0.0184. The lowest BCUT2D eigenvalue weighted by atomic mass is 10.0. The van der Waals surface area contributed by atoms with Crippen LogP contribution in [0.3, 0.4) is 0 Å². The lowest BCUT2D eigenvalue weighted by Crippen LogP contribution is -2.42. The smallest absolute Gasteiger partial charge is 0.227 e. The largest absolute Gasteiger partial charge is 0.379 e. The zero-order valence-electron chi connectivity index (χ0n) is 10.1. The molecule has 0 aromatic carbocycles. The van der Waals surface area contributed by atoms with Crippen LogP contribution in [0.5, 0.6) is 0 Å². The predicted octanol–water partition coefficient (Wildman–Crippen LogP) is -0.729. The third-order valence-electron chi connectivity index (χ3n) is 3.13. The fraction of sp³-hybridized carbons (Fsp3) is 0.636. The number of ether oxygens (including phenoxy) is 1. The Morgan fingerprint density at radius 3 is 3.12 bits per heavy atom. The van der Waals surface area contributed by atoms with Gasteiger partial charge in [0.05, 0.1) is 25.7 Å². The average molecular weight is 238 g/mol. The zero-order valence-corrected chi connectivity index (χ0v) is 10.1. The Hall–Kier alpha value is -1.40. The van der Waals surface area contributed by atoms with Gasteiger partial charge in [-0.1, -0.05) is 0 Å². The summed E-state index contributed by atoms with van der Waals surface area (Å²) in [5.41, 5.74) is 0. The average Bonchev–Trinajstić information content (AvgIpc) is 2.94. The quantitative estimate of drug-likeness (QED) is 0.726. The number of likely N-dealkylation sites (N-methyl/N-ethyl adjacent to an activating group) is 1. The third-order valence-corrected chi connectivity index (χ3v) is 3.13. The van der Waals surface area contributed by atoms with Crippen LogP contribution in [-0.2, 0) is 23.1 Å². The maximum absolute atomic E-state index is 12.0. The first-order valence-electron chi connectivity index (χ1n) is 5.71. The fourth-order valence-electron chi connectivity index (χ4n) is 1.96. The molecule has 6 heteroatoms. The van der Waals surface area contributed by atoms with E-state index in [0.29, 0.717) is 19.8 Å². The van der Waals surface area contributed by atoms with Gasteiger partial charge in [-0.05, 0) is 7.05 Å². The second-order valence-electron chi connectivity index (χ2n) is 4.21. The molecule has 1 aromatic heterocycles. The molecule has 1 fully saturated rings. The highest BCUT2D eigenvalue weighted by Crippen LogP contribution is 2.13. The maximum atomic E-state index is 12.0. The van der Waals surface area contributed by atoms with Gasteiger partial charge in [-0.3, -0.25) is 4.79 Å². The standard InChI is InChI=1S/C11H18N4O2/c1-12-9-7-17-6-8(9)11(16)14-5-10-13-3-4-15(10)2/h3-4,8-9,12H,5-7H2,1-2H3,(H,14,16). The number of aryl methyl sites for hydroxylation is 1. The van der Waals surface area contributed by atoms with Crippen molar-refractivity contribution in [2.24, 2.45) is 13.0 Å². The van der Waals surface area contributed by atoms with E-state index >= 15 is 0 Å². The fourth-order valence-corrected chi connectivity index (χ4v) is 1.96. The summed E-state index contributed by atoms with van der Waals surface area (Å²) >= 11 is 0. The van der Waals surface area contributed by atoms with Gasteiger partial charge in [-0.2, -0.15) is 0 Å². The van der Waals surface area contributed by atoms with E-state index in [1.807, 2.05) is 24.9 Å². The molecule has 17 heavy (non-hydrogen) atoms. The summed E-state index contributed by atoms with van der Waals surface area (Å²) in [4.78, 5) is 16.1. The molecule has 0 saturated carbocycles. The SMILES string of the molecule is CNC1COCC1C(=O)NCc1nccn1C. The Morgan fingerprint density at radius 2 is 2.47 bits per heavy atom. The van der Waals surface area contributed by atoms with E-state index in [0.717, 1.165) is 5.82 Å². The van der Waals surface area contributed by atoms with Crippen molar-refractivity contribution >= 4 is 5.91 Å². The summed E-state index contributed by atoms with van der Waals surface area (Å²) < 4.78 is 7.19. The third kappa shape index (κ3) is 2.65. The number of hydrogen-bond donors (Lipinski definition) is 2. The van der Waals surface area contributed by atoms with Gasteiger partial charge in [0.15, 0.2) is 0 Å². The van der Waals surface area contributed by atoms with Crippen molar-refractivity contribution in [3.63, 3.8) is 0 Å². The summed E-state index contributed by atoms with van der Waals surface area (Å²) in [7, 11) is 3.75. The minimum Gasteiger partial charge on any atom is -0.379 e. The molecule has 0 aliphatic carbocycles. The van der Waals surface area contributed by atoms with E-state index in [-0.39, 0.29) is 17.9 Å². The van der Waals surface area contributed by atoms with Crippen LogP contribution in [0, 0.1) is 5.92 Å². The van der Waals surface area contributed by atoms with E-state index in [4.69, 9.17) is 4.74 Å². The molecule has 1 saturated heterocycles. The molecule has 94 valence electrons. The van der Waals surface area contributed by atoms with Crippen molar-refractivity contribution in [3.05, 3.63) is 18.2 Å². The Labute approximate surface area is 100 Å². The molecule has 0 spiro atoms. The summed E-state index contributed by atoms with van der Waals surface area (Å²) in [5.74, 6) is 0.753. The first-order valence-corrected chi connectivity index (χ1v) is 5.71. The van der Waals surface area contributed by atoms with Crippen LogP contribution in [0.1, 0.15) is 5.82 Å². The second-order valence-corrected chi connectivity index (χ2v) is 4.21. The molecule has 1 aliphatic heterocycles. The molecule has 2 heterocycles. The van der Waals surface area contributed by atoms with Crippen molar-refractivity contribution in [1.29, 1.82) is 0 Å². The number of carbonyl (C=O) groups is 1. The van der Waals surface area contributed by atoms with Gasteiger partial charge in [0.25, 0.3) is 0 Å². The van der Waals surface area contributed by atoms with Gasteiger partial charge in [-0.25, -0.2) is 4.98 Å². The van der Waals surface area contributed by atoms with Crippen LogP contribution in [0.25, 0.3) is 0 Å². The van der Waals surface area contributed by atoms with Gasteiger partial charge in [0.1, 0.15) is 5.82 Å². The maximum Gasteiger partial charge on any atom is 0.227 e. The number of imidazole rings is 1. The Kier molecular flexibility index (Phi) is 3.75. The van der Waals surface area contributed by atoms with Crippen molar-refractivity contribution in [2.75, 3.05) is 20.3 Å². The van der Waals surface area contributed by atoms with Crippen molar-refractivity contribution in [2.45, 2.75) is 12.6 Å². The highest BCUT2D eigenvalue weighted by molar-refractivity contribution is 5.79. The van der Waals surface area contributed by atoms with Gasteiger partial charge >= 0.3 is 0 Å². The number of amides is 1. The van der Waals surface area contributed by atoms with Crippen LogP contribution in [0.4, 0.5) is 0 Å². The molecule has 6 nitrogen and oxygen atoms in total. The van der Waals surface area contributed by atoms with Gasteiger partial charge < -0.3 is 19.9 Å². The van der Waals surface area contributed by atoms with Gasteiger partial charge in [-0.15, -0.1) is 0 Å². The molecule has 2 atom stereocenters. The molecule has 1 amide bonds. The molecule has 1 aromatic rings. The number of nitrogens with zero attached hydrogens (tertiary/aromatic N) is 2. The molecule has 0 bridgehead atoms. The Balaban J connectivity index is 1.87. The molecule has 0 radical (unpaired) electrons. The normalized spacial score (nSPS) is 23.9. The summed E-state index contributed by atoms with van der Waals surface area (Å²) in [6.07, 6.45) is 3.58. The number of nitrogens with one attached hydrogen (secondary N) is 2. The summed E-state index contributed by atoms with van der Waals surface area (Å²) in [6.45, 7) is 1.53. The lowest BCUT2D eigenvalue weighted by molar-refractivity contribution is -0.125. The Bertz CT molecular complexity index is 391. The van der Waals surface area contributed by atoms with E-state index in [1.165, 1.54) is 0 Å². The molecule has 2 N–H and O–H groups in total. The van der Waals surface area contributed by atoms with E-state index < -0.39 is 0 Å². The molecule has 2 unspecified atom stereocenters. The lowest BCUT2D eigenvalue weighted by Gasteiger charge is -2.16. The van der Waals surface area contributed by atoms with Crippen molar-refractivity contribution < 1.29 is 9.53 Å². The van der Waals surface area contributed by atoms with Gasteiger partial charge in [0.2, 0.25) is 5.91 Å². The number of aromatic nitrogens is 2. The zero-order chi connectivity index (χ0) is 12.3. The number of carbonyl (C=O) groups excluding carboxylic acids is 1. The van der Waals surface area contributed by atoms with Crippen molar-refractivity contribution in [1.82, 2.24) is 20.2 Å². The summed E-state index contributed by atoms with van der Waals surface area (Å²) in [5, 5.41) is 5.98. The molecule has 2 rings (SSSR count).